The number of nitro benzene ring substituents is 1. The molecule has 3 aromatic carbocycles. The molecule has 0 aliphatic carbocycles. The van der Waals surface area contributed by atoms with Crippen molar-refractivity contribution >= 4 is 17.4 Å². The van der Waals surface area contributed by atoms with E-state index < -0.39 is 16.7 Å². The van der Waals surface area contributed by atoms with Gasteiger partial charge in [-0.1, -0.05) is 12.1 Å². The summed E-state index contributed by atoms with van der Waals surface area (Å²) in [5.41, 5.74) is 2.19. The third-order valence-electron chi connectivity index (χ3n) is 4.70. The first kappa shape index (κ1) is 20.7. The Labute approximate surface area is 172 Å². The second-order valence-electron chi connectivity index (χ2n) is 6.57. The topological polar surface area (TPSA) is 107 Å². The number of ketones is 1. The lowest BCUT2D eigenvalue weighted by Crippen LogP contribution is -2.11. The van der Waals surface area contributed by atoms with E-state index in [4.69, 9.17) is 4.74 Å². The molecule has 152 valence electrons. The maximum absolute atomic E-state index is 13.0. The van der Waals surface area contributed by atoms with Crippen LogP contribution < -0.4 is 0 Å². The van der Waals surface area contributed by atoms with Crippen molar-refractivity contribution in [2.24, 2.45) is 0 Å². The zero-order valence-electron chi connectivity index (χ0n) is 16.4. The second kappa shape index (κ2) is 8.57. The third-order valence-corrected chi connectivity index (χ3v) is 4.70. The molecule has 0 fully saturated rings. The van der Waals surface area contributed by atoms with E-state index in [1.807, 2.05) is 0 Å². The van der Waals surface area contributed by atoms with Crippen molar-refractivity contribution < 1.29 is 24.4 Å². The number of nitro groups is 1. The molecule has 3 rings (SSSR count). The Morgan fingerprint density at radius 2 is 1.70 bits per heavy atom. The van der Waals surface area contributed by atoms with E-state index in [1.54, 1.807) is 44.2 Å². The van der Waals surface area contributed by atoms with Crippen LogP contribution in [0.15, 0.2) is 60.7 Å². The van der Waals surface area contributed by atoms with E-state index in [2.05, 4.69) is 0 Å². The minimum absolute atomic E-state index is 0.0662. The number of benzene rings is 3. The van der Waals surface area contributed by atoms with Gasteiger partial charge in [-0.3, -0.25) is 14.9 Å². The van der Waals surface area contributed by atoms with Crippen LogP contribution in [-0.2, 0) is 4.74 Å². The molecule has 0 aliphatic rings. The van der Waals surface area contributed by atoms with Crippen molar-refractivity contribution in [2.45, 2.75) is 13.8 Å². The molecule has 0 aliphatic heterocycles. The molecule has 0 radical (unpaired) electrons. The fraction of sp³-hybridized carbons (Fsp3) is 0.130. The van der Waals surface area contributed by atoms with E-state index in [1.165, 1.54) is 30.3 Å². The molecule has 3 aromatic rings. The summed E-state index contributed by atoms with van der Waals surface area (Å²) in [7, 11) is 0. The predicted molar refractivity (Wildman–Crippen MR) is 111 cm³/mol. The maximum Gasteiger partial charge on any atom is 0.338 e. The molecular formula is C23H19NO6. The van der Waals surface area contributed by atoms with E-state index in [0.717, 1.165) is 0 Å². The average molecular weight is 405 g/mol. The molecule has 0 unspecified atom stereocenters. The molecule has 7 heteroatoms. The minimum atomic E-state index is -0.579. The molecule has 0 saturated carbocycles. The second-order valence-corrected chi connectivity index (χ2v) is 6.57. The highest BCUT2D eigenvalue weighted by Crippen LogP contribution is 2.31. The SMILES string of the molecule is CCOC(=O)c1cc(C(=O)c2ccccc2O)cc(-c2ccc([N+](=O)[O-])cc2)c1C. The number of carbonyl (C=O) groups excluding carboxylic acids is 2. The van der Waals surface area contributed by atoms with Crippen molar-refractivity contribution in [3.05, 3.63) is 93.0 Å². The predicted octanol–water partition coefficient (Wildman–Crippen LogP) is 4.68. The van der Waals surface area contributed by atoms with Gasteiger partial charge in [-0.25, -0.2) is 4.79 Å². The molecule has 0 saturated heterocycles. The Balaban J connectivity index is 2.18. The number of rotatable bonds is 6. The van der Waals surface area contributed by atoms with Crippen LogP contribution in [-0.4, -0.2) is 28.4 Å². The van der Waals surface area contributed by atoms with Crippen LogP contribution in [0.3, 0.4) is 0 Å². The van der Waals surface area contributed by atoms with Crippen LogP contribution in [0.4, 0.5) is 5.69 Å². The summed E-state index contributed by atoms with van der Waals surface area (Å²) in [6.07, 6.45) is 0. The highest BCUT2D eigenvalue weighted by Gasteiger charge is 2.21. The van der Waals surface area contributed by atoms with Gasteiger partial charge in [0, 0.05) is 17.7 Å². The van der Waals surface area contributed by atoms with Gasteiger partial charge in [-0.05, 0) is 66.9 Å². The lowest BCUT2D eigenvalue weighted by Gasteiger charge is -2.14. The zero-order chi connectivity index (χ0) is 21.8. The van der Waals surface area contributed by atoms with Crippen molar-refractivity contribution in [1.82, 2.24) is 0 Å². The molecule has 0 bridgehead atoms. The van der Waals surface area contributed by atoms with Crippen LogP contribution in [0.25, 0.3) is 11.1 Å². The number of carbonyl (C=O) groups is 2. The molecule has 1 N–H and O–H groups in total. The summed E-state index contributed by atoms with van der Waals surface area (Å²) in [5, 5.41) is 21.0. The van der Waals surface area contributed by atoms with Gasteiger partial charge >= 0.3 is 5.97 Å². The first-order valence-electron chi connectivity index (χ1n) is 9.22. The number of phenolic OH excluding ortho intramolecular Hbond substituents is 1. The van der Waals surface area contributed by atoms with Gasteiger partial charge in [0.15, 0.2) is 5.78 Å². The zero-order valence-corrected chi connectivity index (χ0v) is 16.4. The number of nitrogens with zero attached hydrogens (tertiary/aromatic N) is 1. The molecular weight excluding hydrogens is 386 g/mol. The summed E-state index contributed by atoms with van der Waals surface area (Å²) in [6, 6.07) is 15.0. The van der Waals surface area contributed by atoms with E-state index in [9.17, 15) is 24.8 Å². The fourth-order valence-corrected chi connectivity index (χ4v) is 3.15. The average Bonchev–Trinajstić information content (AvgIpc) is 2.74. The number of hydrogen-bond donors (Lipinski definition) is 1. The molecule has 30 heavy (non-hydrogen) atoms. The summed E-state index contributed by atoms with van der Waals surface area (Å²) in [5.74, 6) is -1.20. The minimum Gasteiger partial charge on any atom is -0.507 e. The standard InChI is InChI=1S/C23H19NO6/c1-3-30-23(27)20-13-16(22(26)18-6-4-5-7-21(18)25)12-19(14(20)2)15-8-10-17(11-9-15)24(28)29/h4-13,25H,3H2,1-2H3. The van der Waals surface area contributed by atoms with E-state index >= 15 is 0 Å². The Kier molecular flexibility index (Phi) is 5.92. The van der Waals surface area contributed by atoms with Gasteiger partial charge in [0.1, 0.15) is 5.75 Å². The normalized spacial score (nSPS) is 10.5. The lowest BCUT2D eigenvalue weighted by molar-refractivity contribution is -0.384. The van der Waals surface area contributed by atoms with Crippen molar-refractivity contribution in [1.29, 1.82) is 0 Å². The van der Waals surface area contributed by atoms with E-state index in [-0.39, 0.29) is 34.7 Å². The maximum atomic E-state index is 13.0. The quantitative estimate of drug-likeness (QED) is 0.276. The Hall–Kier alpha value is -4.00. The van der Waals surface area contributed by atoms with Gasteiger partial charge in [-0.15, -0.1) is 0 Å². The fourth-order valence-electron chi connectivity index (χ4n) is 3.15. The third kappa shape index (κ3) is 4.05. The van der Waals surface area contributed by atoms with Crippen LogP contribution in [0.2, 0.25) is 0 Å². The van der Waals surface area contributed by atoms with Gasteiger partial charge in [0.05, 0.1) is 22.7 Å². The summed E-state index contributed by atoms with van der Waals surface area (Å²) >= 11 is 0. The first-order valence-corrected chi connectivity index (χ1v) is 9.22. The molecule has 0 heterocycles. The monoisotopic (exact) mass is 405 g/mol. The van der Waals surface area contributed by atoms with Crippen LogP contribution in [0, 0.1) is 17.0 Å². The molecule has 0 spiro atoms. The van der Waals surface area contributed by atoms with Gasteiger partial charge in [0.25, 0.3) is 5.69 Å². The summed E-state index contributed by atoms with van der Waals surface area (Å²) in [4.78, 5) is 36.0. The number of esters is 1. The van der Waals surface area contributed by atoms with Crippen LogP contribution >= 0.6 is 0 Å². The number of ether oxygens (including phenoxy) is 1. The number of para-hydroxylation sites is 1. The van der Waals surface area contributed by atoms with Crippen molar-refractivity contribution in [3.8, 4) is 16.9 Å². The number of non-ortho nitro benzene ring substituents is 1. The summed E-state index contributed by atoms with van der Waals surface area (Å²) in [6.45, 7) is 3.57. The number of hydrogen-bond acceptors (Lipinski definition) is 6. The Morgan fingerprint density at radius 1 is 1.03 bits per heavy atom. The smallest absolute Gasteiger partial charge is 0.338 e. The van der Waals surface area contributed by atoms with Crippen molar-refractivity contribution in [3.63, 3.8) is 0 Å². The molecule has 7 nitrogen and oxygen atoms in total. The van der Waals surface area contributed by atoms with Crippen LogP contribution in [0.1, 0.15) is 38.8 Å². The molecule has 0 atom stereocenters. The molecule has 0 aromatic heterocycles. The van der Waals surface area contributed by atoms with Crippen LogP contribution in [0.5, 0.6) is 5.75 Å². The van der Waals surface area contributed by atoms with Gasteiger partial charge in [0.2, 0.25) is 0 Å². The largest absolute Gasteiger partial charge is 0.507 e. The summed E-state index contributed by atoms with van der Waals surface area (Å²) < 4.78 is 5.13. The Morgan fingerprint density at radius 3 is 2.30 bits per heavy atom. The highest BCUT2D eigenvalue weighted by molar-refractivity contribution is 6.12. The molecule has 0 amide bonds. The number of phenols is 1. The number of aromatic hydroxyl groups is 1. The highest BCUT2D eigenvalue weighted by atomic mass is 16.6. The van der Waals surface area contributed by atoms with E-state index in [0.29, 0.717) is 16.7 Å². The first-order chi connectivity index (χ1) is 14.3. The Bertz CT molecular complexity index is 1130. The lowest BCUT2D eigenvalue weighted by atomic mass is 9.91. The van der Waals surface area contributed by atoms with Crippen molar-refractivity contribution in [2.75, 3.05) is 6.61 Å². The van der Waals surface area contributed by atoms with Gasteiger partial charge in [-0.2, -0.15) is 0 Å². The van der Waals surface area contributed by atoms with Gasteiger partial charge < -0.3 is 9.84 Å².